The molecular formula is C28H31AsN2O6. The van der Waals surface area contributed by atoms with Crippen molar-refractivity contribution in [3.05, 3.63) is 60.7 Å². The van der Waals surface area contributed by atoms with Gasteiger partial charge in [0.05, 0.1) is 0 Å². The molecule has 0 bridgehead atoms. The molecule has 1 amide bonds. The van der Waals surface area contributed by atoms with Crippen molar-refractivity contribution in [3.8, 4) is 39.8 Å². The van der Waals surface area contributed by atoms with Crippen molar-refractivity contribution >= 4 is 28.7 Å². The Morgan fingerprint density at radius 2 is 1.78 bits per heavy atom. The van der Waals surface area contributed by atoms with E-state index < -0.39 is 16.2 Å². The predicted octanol–water partition coefficient (Wildman–Crippen LogP) is 3.88. The van der Waals surface area contributed by atoms with Gasteiger partial charge in [-0.15, -0.1) is 0 Å². The van der Waals surface area contributed by atoms with E-state index in [0.29, 0.717) is 24.7 Å². The molecule has 3 aromatic rings. The van der Waals surface area contributed by atoms with E-state index in [1.165, 1.54) is 0 Å². The predicted molar refractivity (Wildman–Crippen MR) is 142 cm³/mol. The van der Waals surface area contributed by atoms with Crippen molar-refractivity contribution in [2.75, 3.05) is 13.4 Å². The van der Waals surface area contributed by atoms with Crippen LogP contribution in [-0.4, -0.2) is 57.0 Å². The normalized spacial score (nSPS) is 13.2. The van der Waals surface area contributed by atoms with Crippen molar-refractivity contribution in [1.29, 1.82) is 0 Å². The average Bonchev–Trinajstić information content (AvgIpc) is 3.36. The summed E-state index contributed by atoms with van der Waals surface area (Å²) < 4.78 is 17.0. The zero-order valence-corrected chi connectivity index (χ0v) is 23.3. The first-order chi connectivity index (χ1) is 17.7. The molecule has 2 atom stereocenters. The number of hydrogen-bond donors (Lipinski definition) is 2. The van der Waals surface area contributed by atoms with Crippen molar-refractivity contribution in [1.82, 2.24) is 10.3 Å². The molecule has 0 saturated carbocycles. The molecule has 0 fully saturated rings. The van der Waals surface area contributed by atoms with E-state index in [-0.39, 0.29) is 12.7 Å². The standard InChI is InChI=1S/C28H31AsN2O6/c1-28(2,27(34)31-25(29)26(32)33)12-6-7-13-35-24-16-20(14-21(30-24)18-8-4-3-5-9-18)19-10-11-22-23(15-19)37-17-36-22/h3-5,8-11,14-16,25H,6-7,12-13,17,29H2,1-2H3,(H,31,34)(H,32,33). The number of aromatic nitrogens is 1. The number of rotatable bonds is 11. The summed E-state index contributed by atoms with van der Waals surface area (Å²) in [5.41, 5.74) is 3.04. The summed E-state index contributed by atoms with van der Waals surface area (Å²) in [7, 11) is 0. The number of nitrogens with zero attached hydrogens (tertiary/aromatic N) is 1. The molecule has 2 aromatic carbocycles. The Bertz CT molecular complexity index is 1260. The molecule has 8 nitrogen and oxygen atoms in total. The minimum atomic E-state index is -1.03. The number of carbonyl (C=O) groups is 2. The molecule has 1 aromatic heterocycles. The monoisotopic (exact) mass is 566 g/mol. The van der Waals surface area contributed by atoms with Gasteiger partial charge in [0.1, 0.15) is 0 Å². The van der Waals surface area contributed by atoms with Crippen LogP contribution in [-0.2, 0) is 9.59 Å². The number of unbranched alkanes of at least 4 members (excludes halogenated alkanes) is 1. The third kappa shape index (κ3) is 6.83. The second kappa shape index (κ2) is 11.7. The zero-order chi connectivity index (χ0) is 26.4. The summed E-state index contributed by atoms with van der Waals surface area (Å²) in [4.78, 5) is 27.4. The molecule has 9 heteroatoms. The first-order valence-corrected chi connectivity index (χ1v) is 13.5. The Balaban J connectivity index is 1.42. The molecule has 0 saturated heterocycles. The number of aliphatic carboxylic acids is 1. The number of carboxylic acids is 1. The molecule has 194 valence electrons. The number of nitrogens with one attached hydrogen (secondary N) is 1. The van der Waals surface area contributed by atoms with Crippen LogP contribution in [0.4, 0.5) is 0 Å². The quantitative estimate of drug-likeness (QED) is 0.268. The van der Waals surface area contributed by atoms with E-state index in [1.807, 2.05) is 74.5 Å². The van der Waals surface area contributed by atoms with Crippen LogP contribution in [0.2, 0.25) is 0 Å². The first kappa shape index (κ1) is 26.5. The van der Waals surface area contributed by atoms with E-state index >= 15 is 0 Å². The van der Waals surface area contributed by atoms with Gasteiger partial charge in [-0.05, 0) is 23.8 Å². The van der Waals surface area contributed by atoms with Gasteiger partial charge in [0.15, 0.2) is 11.5 Å². The van der Waals surface area contributed by atoms with Crippen LogP contribution in [0.5, 0.6) is 17.4 Å². The van der Waals surface area contributed by atoms with Gasteiger partial charge < -0.3 is 9.47 Å². The average molecular weight is 566 g/mol. The van der Waals surface area contributed by atoms with Gasteiger partial charge >= 0.3 is 132 Å². The van der Waals surface area contributed by atoms with Crippen LogP contribution >= 0.6 is 0 Å². The number of benzene rings is 2. The summed E-state index contributed by atoms with van der Waals surface area (Å²) in [6, 6.07) is 19.7. The van der Waals surface area contributed by atoms with Gasteiger partial charge in [-0.25, -0.2) is 0 Å². The second-order valence-corrected chi connectivity index (χ2v) is 10.9. The maximum absolute atomic E-state index is 12.5. The number of hydrogen-bond acceptors (Lipinski definition) is 6. The fraction of sp³-hybridized carbons (Fsp3) is 0.321. The van der Waals surface area contributed by atoms with Gasteiger partial charge in [-0.3, -0.25) is 0 Å². The molecule has 1 aliphatic heterocycles. The molecule has 2 unspecified atom stereocenters. The van der Waals surface area contributed by atoms with Crippen molar-refractivity contribution in [2.24, 2.45) is 5.41 Å². The molecule has 1 aliphatic rings. The zero-order valence-electron chi connectivity index (χ0n) is 20.9. The summed E-state index contributed by atoms with van der Waals surface area (Å²) in [5, 5.41) is 11.6. The number of amides is 1. The Hall–Kier alpha value is -3.51. The molecule has 0 spiro atoms. The number of pyridine rings is 1. The third-order valence-electron chi connectivity index (χ3n) is 6.19. The maximum atomic E-state index is 12.5. The van der Waals surface area contributed by atoms with Gasteiger partial charge in [-0.1, -0.05) is 36.4 Å². The van der Waals surface area contributed by atoms with Gasteiger partial charge in [-0.2, -0.15) is 0 Å². The summed E-state index contributed by atoms with van der Waals surface area (Å²) >= 11 is 0.962. The number of carbonyl (C=O) groups excluding carboxylic acids is 1. The SMILES string of the molecule is CC(C)(CCCCOc1cc(-c2ccc3c(c2)OCO3)cc(-c2ccccc2)n1)C(=O)NC([AsH2])C(=O)O. The van der Waals surface area contributed by atoms with Crippen molar-refractivity contribution < 1.29 is 28.9 Å². The van der Waals surface area contributed by atoms with E-state index in [9.17, 15) is 9.59 Å². The minimum absolute atomic E-state index is 0.219. The van der Waals surface area contributed by atoms with Gasteiger partial charge in [0, 0.05) is 5.56 Å². The van der Waals surface area contributed by atoms with Crippen LogP contribution in [0.15, 0.2) is 60.7 Å². The summed E-state index contributed by atoms with van der Waals surface area (Å²) in [6.45, 7) is 4.31. The fourth-order valence-electron chi connectivity index (χ4n) is 3.94. The molecule has 2 heterocycles. The Morgan fingerprint density at radius 3 is 2.54 bits per heavy atom. The molecule has 37 heavy (non-hydrogen) atoms. The Morgan fingerprint density at radius 1 is 1.03 bits per heavy atom. The Labute approximate surface area is 224 Å². The summed E-state index contributed by atoms with van der Waals surface area (Å²) in [5.74, 6) is 0.679. The Kier molecular flexibility index (Phi) is 8.39. The van der Waals surface area contributed by atoms with Crippen molar-refractivity contribution in [2.45, 2.75) is 37.9 Å². The van der Waals surface area contributed by atoms with E-state index in [1.54, 1.807) is 0 Å². The van der Waals surface area contributed by atoms with E-state index in [0.717, 1.165) is 57.8 Å². The van der Waals surface area contributed by atoms with E-state index in [2.05, 4.69) is 5.32 Å². The van der Waals surface area contributed by atoms with Crippen LogP contribution in [0, 0.1) is 5.41 Å². The molecular weight excluding hydrogens is 535 g/mol. The third-order valence-corrected chi connectivity index (χ3v) is 7.14. The van der Waals surface area contributed by atoms with Crippen molar-refractivity contribution in [3.63, 3.8) is 0 Å². The molecule has 4 rings (SSSR count). The number of ether oxygens (including phenoxy) is 3. The van der Waals surface area contributed by atoms with Crippen LogP contribution < -0.4 is 19.5 Å². The van der Waals surface area contributed by atoms with E-state index in [4.69, 9.17) is 24.3 Å². The van der Waals surface area contributed by atoms with Gasteiger partial charge in [0.25, 0.3) is 0 Å². The number of fused-ring (bicyclic) bond motifs is 1. The molecule has 2 N–H and O–H groups in total. The fourth-order valence-corrected chi connectivity index (χ4v) is 4.25. The summed E-state index contributed by atoms with van der Waals surface area (Å²) in [6.07, 6.45) is 2.09. The van der Waals surface area contributed by atoms with Crippen LogP contribution in [0.25, 0.3) is 22.4 Å². The second-order valence-electron chi connectivity index (χ2n) is 9.49. The molecule has 0 radical (unpaired) electrons. The van der Waals surface area contributed by atoms with Crippen LogP contribution in [0.1, 0.15) is 33.1 Å². The van der Waals surface area contributed by atoms with Gasteiger partial charge in [0.2, 0.25) is 6.79 Å². The first-order valence-electron chi connectivity index (χ1n) is 12.1. The molecule has 0 aliphatic carbocycles. The topological polar surface area (TPSA) is 107 Å². The number of carboxylic acid groups (broad SMARTS) is 1. The van der Waals surface area contributed by atoms with Crippen LogP contribution in [0.3, 0.4) is 0 Å².